The molecule has 0 saturated carbocycles. The van der Waals surface area contributed by atoms with E-state index in [2.05, 4.69) is 0 Å². The maximum absolute atomic E-state index is 11.5. The van der Waals surface area contributed by atoms with Crippen molar-refractivity contribution in [2.24, 2.45) is 5.73 Å². The van der Waals surface area contributed by atoms with E-state index >= 15 is 0 Å². The number of carbonyl (C=O) groups is 1. The lowest BCUT2D eigenvalue weighted by Gasteiger charge is -2.13. The Bertz CT molecular complexity index is 670. The fourth-order valence-corrected chi connectivity index (χ4v) is 2.73. The van der Waals surface area contributed by atoms with E-state index in [4.69, 9.17) is 52.1 Å². The van der Waals surface area contributed by atoms with Crippen molar-refractivity contribution in [1.29, 1.82) is 0 Å². The van der Waals surface area contributed by atoms with Gasteiger partial charge in [0.15, 0.2) is 0 Å². The van der Waals surface area contributed by atoms with Gasteiger partial charge in [0.2, 0.25) is 5.91 Å². The van der Waals surface area contributed by atoms with Crippen molar-refractivity contribution in [1.82, 2.24) is 0 Å². The molecule has 19 heavy (non-hydrogen) atoms. The molecular formula is C13H7Cl4NO. The molecule has 2 rings (SSSR count). The first-order chi connectivity index (χ1) is 8.93. The molecule has 0 aliphatic heterocycles. The third-order valence-electron chi connectivity index (χ3n) is 2.57. The van der Waals surface area contributed by atoms with E-state index in [1.807, 2.05) is 0 Å². The average Bonchev–Trinajstić information content (AvgIpc) is 2.36. The lowest BCUT2D eigenvalue weighted by atomic mass is 9.99. The number of halogens is 4. The van der Waals surface area contributed by atoms with Crippen LogP contribution >= 0.6 is 46.4 Å². The van der Waals surface area contributed by atoms with E-state index in [-0.39, 0.29) is 10.6 Å². The van der Waals surface area contributed by atoms with Crippen LogP contribution in [0.2, 0.25) is 20.1 Å². The molecular weight excluding hydrogens is 328 g/mol. The number of carbonyl (C=O) groups excluding carboxylic acids is 1. The normalized spacial score (nSPS) is 10.5. The van der Waals surface area contributed by atoms with Gasteiger partial charge in [0.25, 0.3) is 0 Å². The summed E-state index contributed by atoms with van der Waals surface area (Å²) in [7, 11) is 0. The van der Waals surface area contributed by atoms with Crippen molar-refractivity contribution < 1.29 is 4.79 Å². The predicted molar refractivity (Wildman–Crippen MR) is 80.4 cm³/mol. The highest BCUT2D eigenvalue weighted by atomic mass is 35.5. The average molecular weight is 335 g/mol. The van der Waals surface area contributed by atoms with Crippen molar-refractivity contribution in [3.05, 3.63) is 56.0 Å². The van der Waals surface area contributed by atoms with Crippen LogP contribution in [-0.2, 0) is 0 Å². The lowest BCUT2D eigenvalue weighted by Crippen LogP contribution is -2.12. The van der Waals surface area contributed by atoms with Crippen LogP contribution in [0.3, 0.4) is 0 Å². The Balaban J connectivity index is 2.87. The maximum atomic E-state index is 11.5. The molecule has 0 spiro atoms. The second-order valence-corrected chi connectivity index (χ2v) is 5.34. The van der Waals surface area contributed by atoms with Gasteiger partial charge in [0.05, 0.1) is 15.1 Å². The molecule has 0 unspecified atom stereocenters. The minimum absolute atomic E-state index is 0.227. The quantitative estimate of drug-likeness (QED) is 0.766. The molecule has 0 radical (unpaired) electrons. The fraction of sp³-hybridized carbons (Fsp3) is 0. The number of primary amides is 1. The Kier molecular flexibility index (Phi) is 4.26. The monoisotopic (exact) mass is 333 g/mol. The van der Waals surface area contributed by atoms with Gasteiger partial charge in [0.1, 0.15) is 0 Å². The molecule has 0 atom stereocenters. The highest BCUT2D eigenvalue weighted by Crippen LogP contribution is 2.43. The first kappa shape index (κ1) is 14.5. The van der Waals surface area contributed by atoms with Gasteiger partial charge < -0.3 is 5.73 Å². The van der Waals surface area contributed by atoms with Crippen molar-refractivity contribution in [3.63, 3.8) is 0 Å². The van der Waals surface area contributed by atoms with Gasteiger partial charge in [-0.3, -0.25) is 4.79 Å². The topological polar surface area (TPSA) is 43.1 Å². The van der Waals surface area contributed by atoms with Crippen LogP contribution in [-0.4, -0.2) is 5.91 Å². The highest BCUT2D eigenvalue weighted by Gasteiger charge is 2.20. The SMILES string of the molecule is NC(=O)c1cccc(Cl)c1-c1c(Cl)ccc(Cl)c1Cl. The number of nitrogens with two attached hydrogens (primary N) is 1. The molecule has 6 heteroatoms. The standard InChI is InChI=1S/C13H7Cl4NO/c14-7-3-1-2-6(13(18)19)10(7)11-8(15)4-5-9(16)12(11)17/h1-5H,(H2,18,19). The van der Waals surface area contributed by atoms with E-state index in [0.29, 0.717) is 26.2 Å². The summed E-state index contributed by atoms with van der Waals surface area (Å²) >= 11 is 24.4. The highest BCUT2D eigenvalue weighted by molar-refractivity contribution is 6.47. The van der Waals surface area contributed by atoms with Gasteiger partial charge in [-0.1, -0.05) is 52.5 Å². The number of rotatable bonds is 2. The summed E-state index contributed by atoms with van der Waals surface area (Å²) in [4.78, 5) is 11.5. The van der Waals surface area contributed by atoms with E-state index in [9.17, 15) is 4.79 Å². The first-order valence-corrected chi connectivity index (χ1v) is 6.67. The second-order valence-electron chi connectivity index (χ2n) is 3.74. The zero-order chi connectivity index (χ0) is 14.2. The summed E-state index contributed by atoms with van der Waals surface area (Å²) in [5, 5.41) is 1.20. The van der Waals surface area contributed by atoms with Gasteiger partial charge >= 0.3 is 0 Å². The zero-order valence-electron chi connectivity index (χ0n) is 9.38. The molecule has 0 aliphatic carbocycles. The van der Waals surface area contributed by atoms with Crippen molar-refractivity contribution in [2.75, 3.05) is 0 Å². The Morgan fingerprint density at radius 1 is 0.842 bits per heavy atom. The molecule has 0 aliphatic rings. The molecule has 0 saturated heterocycles. The van der Waals surface area contributed by atoms with Crippen LogP contribution in [0.1, 0.15) is 10.4 Å². The van der Waals surface area contributed by atoms with Crippen molar-refractivity contribution in [2.45, 2.75) is 0 Å². The van der Waals surface area contributed by atoms with Gasteiger partial charge in [-0.15, -0.1) is 0 Å². The maximum Gasteiger partial charge on any atom is 0.249 e. The van der Waals surface area contributed by atoms with E-state index < -0.39 is 5.91 Å². The molecule has 0 fully saturated rings. The predicted octanol–water partition coefficient (Wildman–Crippen LogP) is 5.07. The molecule has 2 nitrogen and oxygen atoms in total. The van der Waals surface area contributed by atoms with E-state index in [1.54, 1.807) is 30.3 Å². The lowest BCUT2D eigenvalue weighted by molar-refractivity contribution is 0.100. The number of benzene rings is 2. The first-order valence-electron chi connectivity index (χ1n) is 5.15. The van der Waals surface area contributed by atoms with E-state index in [1.165, 1.54) is 0 Å². The molecule has 2 N–H and O–H groups in total. The molecule has 2 aromatic carbocycles. The minimum atomic E-state index is -0.621. The Labute approximate surface area is 130 Å². The van der Waals surface area contributed by atoms with Gasteiger partial charge in [-0.2, -0.15) is 0 Å². The van der Waals surface area contributed by atoms with Gasteiger partial charge in [-0.05, 0) is 24.3 Å². The van der Waals surface area contributed by atoms with Crippen LogP contribution < -0.4 is 5.73 Å². The largest absolute Gasteiger partial charge is 0.366 e. The summed E-state index contributed by atoms with van der Waals surface area (Å²) < 4.78 is 0. The third-order valence-corrected chi connectivity index (χ3v) is 4.01. The Hall–Kier alpha value is -0.930. The summed E-state index contributed by atoms with van der Waals surface area (Å²) in [5.41, 5.74) is 6.36. The number of hydrogen-bond donors (Lipinski definition) is 1. The molecule has 98 valence electrons. The van der Waals surface area contributed by atoms with Gasteiger partial charge in [0, 0.05) is 21.7 Å². The Morgan fingerprint density at radius 2 is 1.42 bits per heavy atom. The van der Waals surface area contributed by atoms with Crippen LogP contribution in [0.5, 0.6) is 0 Å². The summed E-state index contributed by atoms with van der Waals surface area (Å²) in [5.74, 6) is -0.621. The molecule has 0 aromatic heterocycles. The summed E-state index contributed by atoms with van der Waals surface area (Å²) in [6, 6.07) is 7.95. The molecule has 0 bridgehead atoms. The summed E-state index contributed by atoms with van der Waals surface area (Å²) in [6.07, 6.45) is 0. The minimum Gasteiger partial charge on any atom is -0.366 e. The molecule has 2 aromatic rings. The van der Waals surface area contributed by atoms with E-state index in [0.717, 1.165) is 0 Å². The summed E-state index contributed by atoms with van der Waals surface area (Å²) in [6.45, 7) is 0. The number of hydrogen-bond acceptors (Lipinski definition) is 1. The van der Waals surface area contributed by atoms with Crippen LogP contribution in [0, 0.1) is 0 Å². The third kappa shape index (κ3) is 2.67. The molecule has 1 amide bonds. The van der Waals surface area contributed by atoms with Crippen LogP contribution in [0.25, 0.3) is 11.1 Å². The second kappa shape index (κ2) is 5.59. The van der Waals surface area contributed by atoms with Gasteiger partial charge in [-0.25, -0.2) is 0 Å². The number of amides is 1. The van der Waals surface area contributed by atoms with Crippen LogP contribution in [0.15, 0.2) is 30.3 Å². The van der Waals surface area contributed by atoms with Crippen molar-refractivity contribution >= 4 is 52.3 Å². The molecule has 0 heterocycles. The zero-order valence-corrected chi connectivity index (χ0v) is 12.4. The Morgan fingerprint density at radius 3 is 2.05 bits per heavy atom. The fourth-order valence-electron chi connectivity index (χ4n) is 1.74. The van der Waals surface area contributed by atoms with Crippen molar-refractivity contribution in [3.8, 4) is 11.1 Å². The smallest absolute Gasteiger partial charge is 0.249 e. The van der Waals surface area contributed by atoms with Crippen LogP contribution in [0.4, 0.5) is 0 Å².